The number of hydrogen-bond donors (Lipinski definition) is 0. The van der Waals surface area contributed by atoms with E-state index in [2.05, 4.69) is 223 Å². The van der Waals surface area contributed by atoms with E-state index in [1.807, 2.05) is 6.07 Å². The minimum absolute atomic E-state index is 0.872. The Morgan fingerprint density at radius 3 is 1.66 bits per heavy atom. The standard InChI is InChI=1S/C55H38N2O/c1-37-24-29-42(30-25-37)56(53-33-28-41(38-14-4-2-5-15-38)34-48(53)39-16-6-3-7-17-39)44-35-49(55-50(36-44)47-20-10-13-23-54(47)58-55)40-26-31-43(32-27-40)57-51-21-11-8-18-45(51)46-19-9-12-22-52(46)57/h2-36H,1H3. The first-order chi connectivity index (χ1) is 28.7. The Labute approximate surface area is 337 Å². The summed E-state index contributed by atoms with van der Waals surface area (Å²) in [6.07, 6.45) is 0. The van der Waals surface area contributed by atoms with E-state index in [1.54, 1.807) is 0 Å². The van der Waals surface area contributed by atoms with Crippen LogP contribution in [0.3, 0.4) is 0 Å². The van der Waals surface area contributed by atoms with Gasteiger partial charge in [-0.3, -0.25) is 0 Å². The minimum atomic E-state index is 0.872. The van der Waals surface area contributed by atoms with E-state index in [1.165, 1.54) is 38.5 Å². The molecule has 0 radical (unpaired) electrons. The molecule has 2 aromatic heterocycles. The van der Waals surface area contributed by atoms with Crippen molar-refractivity contribution in [3.05, 3.63) is 218 Å². The summed E-state index contributed by atoms with van der Waals surface area (Å²) in [5.41, 5.74) is 16.5. The second kappa shape index (κ2) is 13.8. The number of benzene rings is 9. The summed E-state index contributed by atoms with van der Waals surface area (Å²) in [4.78, 5) is 2.41. The zero-order chi connectivity index (χ0) is 38.6. The van der Waals surface area contributed by atoms with Gasteiger partial charge in [-0.15, -0.1) is 0 Å². The fraction of sp³-hybridized carbons (Fsp3) is 0.0182. The number of aromatic nitrogens is 1. The summed E-state index contributed by atoms with van der Waals surface area (Å²) in [5, 5.41) is 4.67. The number of hydrogen-bond acceptors (Lipinski definition) is 2. The topological polar surface area (TPSA) is 21.3 Å². The Bertz CT molecular complexity index is 3210. The highest BCUT2D eigenvalue weighted by atomic mass is 16.3. The third-order valence-corrected chi connectivity index (χ3v) is 11.5. The molecule has 3 nitrogen and oxygen atoms in total. The lowest BCUT2D eigenvalue weighted by atomic mass is 9.95. The van der Waals surface area contributed by atoms with Crippen molar-refractivity contribution in [2.24, 2.45) is 0 Å². The fourth-order valence-electron chi connectivity index (χ4n) is 8.66. The van der Waals surface area contributed by atoms with Crippen LogP contribution >= 0.6 is 0 Å². The molecule has 0 aliphatic heterocycles. The molecule has 0 amide bonds. The van der Waals surface area contributed by atoms with Gasteiger partial charge in [0.05, 0.1) is 16.7 Å². The van der Waals surface area contributed by atoms with Gasteiger partial charge in [-0.1, -0.05) is 151 Å². The highest BCUT2D eigenvalue weighted by Gasteiger charge is 2.23. The zero-order valence-corrected chi connectivity index (χ0v) is 32.0. The van der Waals surface area contributed by atoms with Crippen molar-refractivity contribution >= 4 is 60.8 Å². The minimum Gasteiger partial charge on any atom is -0.455 e. The van der Waals surface area contributed by atoms with Crippen LogP contribution in [-0.2, 0) is 0 Å². The predicted molar refractivity (Wildman–Crippen MR) is 244 cm³/mol. The maximum absolute atomic E-state index is 6.75. The number of furan rings is 1. The molecule has 58 heavy (non-hydrogen) atoms. The van der Waals surface area contributed by atoms with E-state index in [0.29, 0.717) is 0 Å². The molecule has 0 N–H and O–H groups in total. The van der Waals surface area contributed by atoms with Crippen molar-refractivity contribution in [3.63, 3.8) is 0 Å². The maximum atomic E-state index is 6.75. The second-order valence-corrected chi connectivity index (χ2v) is 15.0. The lowest BCUT2D eigenvalue weighted by Gasteiger charge is -2.29. The molecular weight excluding hydrogens is 705 g/mol. The Morgan fingerprint density at radius 1 is 0.397 bits per heavy atom. The Morgan fingerprint density at radius 2 is 0.966 bits per heavy atom. The van der Waals surface area contributed by atoms with Gasteiger partial charge in [0.1, 0.15) is 11.2 Å². The third kappa shape index (κ3) is 5.67. The molecule has 3 heteroatoms. The Kier molecular flexibility index (Phi) is 8.04. The van der Waals surface area contributed by atoms with Crippen LogP contribution in [0.5, 0.6) is 0 Å². The van der Waals surface area contributed by atoms with Crippen molar-refractivity contribution in [2.75, 3.05) is 4.90 Å². The first-order valence-corrected chi connectivity index (χ1v) is 19.8. The number of nitrogens with zero attached hydrogens (tertiary/aromatic N) is 2. The van der Waals surface area contributed by atoms with E-state index in [9.17, 15) is 0 Å². The predicted octanol–water partition coefficient (Wildman–Crippen LogP) is 15.5. The van der Waals surface area contributed by atoms with Gasteiger partial charge in [-0.25, -0.2) is 0 Å². The zero-order valence-electron chi connectivity index (χ0n) is 32.0. The molecule has 2 heterocycles. The van der Waals surface area contributed by atoms with Crippen molar-refractivity contribution in [3.8, 4) is 39.1 Å². The van der Waals surface area contributed by atoms with Crippen LogP contribution in [0.15, 0.2) is 217 Å². The van der Waals surface area contributed by atoms with Gasteiger partial charge in [0.25, 0.3) is 0 Å². The van der Waals surface area contributed by atoms with E-state index in [0.717, 1.165) is 66.9 Å². The maximum Gasteiger partial charge on any atom is 0.143 e. The van der Waals surface area contributed by atoms with Crippen molar-refractivity contribution in [1.29, 1.82) is 0 Å². The van der Waals surface area contributed by atoms with Gasteiger partial charge in [-0.2, -0.15) is 0 Å². The van der Waals surface area contributed by atoms with Crippen LogP contribution in [-0.4, -0.2) is 4.57 Å². The highest BCUT2D eigenvalue weighted by molar-refractivity contribution is 6.12. The molecule has 0 atom stereocenters. The lowest BCUT2D eigenvalue weighted by Crippen LogP contribution is -2.11. The van der Waals surface area contributed by atoms with E-state index < -0.39 is 0 Å². The first kappa shape index (κ1) is 33.7. The normalized spacial score (nSPS) is 11.5. The van der Waals surface area contributed by atoms with Crippen LogP contribution in [0.25, 0.3) is 82.8 Å². The van der Waals surface area contributed by atoms with Crippen LogP contribution in [0, 0.1) is 6.92 Å². The fourth-order valence-corrected chi connectivity index (χ4v) is 8.66. The average molecular weight is 743 g/mol. The smallest absolute Gasteiger partial charge is 0.143 e. The molecule has 0 saturated carbocycles. The van der Waals surface area contributed by atoms with Crippen LogP contribution in [0.1, 0.15) is 5.56 Å². The van der Waals surface area contributed by atoms with E-state index in [-0.39, 0.29) is 0 Å². The number of para-hydroxylation sites is 3. The summed E-state index contributed by atoms with van der Waals surface area (Å²) >= 11 is 0. The lowest BCUT2D eigenvalue weighted by molar-refractivity contribution is 0.670. The summed E-state index contributed by atoms with van der Waals surface area (Å²) in [5.74, 6) is 0. The summed E-state index contributed by atoms with van der Waals surface area (Å²) < 4.78 is 9.12. The molecule has 0 unspecified atom stereocenters. The Hall–Kier alpha value is -7.62. The first-order valence-electron chi connectivity index (χ1n) is 19.8. The highest BCUT2D eigenvalue weighted by Crippen LogP contribution is 2.47. The molecular formula is C55H38N2O. The SMILES string of the molecule is Cc1ccc(N(c2cc(-c3ccc(-n4c5ccccc5c5ccccc54)cc3)c3oc4ccccc4c3c2)c2ccc(-c3ccccc3)cc2-c2ccccc2)cc1. The summed E-state index contributed by atoms with van der Waals surface area (Å²) in [6.45, 7) is 2.14. The van der Waals surface area contributed by atoms with Crippen LogP contribution in [0.4, 0.5) is 17.1 Å². The Balaban J connectivity index is 1.14. The quantitative estimate of drug-likeness (QED) is 0.162. The third-order valence-electron chi connectivity index (χ3n) is 11.5. The number of fused-ring (bicyclic) bond motifs is 6. The molecule has 11 rings (SSSR count). The molecule has 274 valence electrons. The van der Waals surface area contributed by atoms with Crippen molar-refractivity contribution < 1.29 is 4.42 Å². The summed E-state index contributed by atoms with van der Waals surface area (Å²) in [7, 11) is 0. The van der Waals surface area contributed by atoms with Crippen molar-refractivity contribution in [2.45, 2.75) is 6.92 Å². The second-order valence-electron chi connectivity index (χ2n) is 15.0. The summed E-state index contributed by atoms with van der Waals surface area (Å²) in [6, 6.07) is 76.3. The van der Waals surface area contributed by atoms with E-state index in [4.69, 9.17) is 4.42 Å². The molecule has 11 aromatic rings. The van der Waals surface area contributed by atoms with Crippen molar-refractivity contribution in [1.82, 2.24) is 4.57 Å². The molecule has 0 bridgehead atoms. The molecule has 0 fully saturated rings. The molecule has 0 spiro atoms. The van der Waals surface area contributed by atoms with Crippen LogP contribution in [0.2, 0.25) is 0 Å². The van der Waals surface area contributed by atoms with Gasteiger partial charge in [-0.05, 0) is 95.9 Å². The van der Waals surface area contributed by atoms with Gasteiger partial charge >= 0.3 is 0 Å². The average Bonchev–Trinajstić information content (AvgIpc) is 3.84. The number of aryl methyl sites for hydroxylation is 1. The molecule has 0 saturated heterocycles. The van der Waals surface area contributed by atoms with Gasteiger partial charge in [0.2, 0.25) is 0 Å². The molecule has 0 aliphatic rings. The van der Waals surface area contributed by atoms with Gasteiger partial charge in [0.15, 0.2) is 0 Å². The van der Waals surface area contributed by atoms with Crippen LogP contribution < -0.4 is 4.90 Å². The van der Waals surface area contributed by atoms with Gasteiger partial charge < -0.3 is 13.9 Å². The number of rotatable bonds is 7. The number of anilines is 3. The molecule has 0 aliphatic carbocycles. The van der Waals surface area contributed by atoms with E-state index >= 15 is 0 Å². The monoisotopic (exact) mass is 742 g/mol. The van der Waals surface area contributed by atoms with Gasteiger partial charge in [0, 0.05) is 49.7 Å². The largest absolute Gasteiger partial charge is 0.455 e. The molecule has 9 aromatic carbocycles.